The van der Waals surface area contributed by atoms with E-state index in [4.69, 9.17) is 5.26 Å². The SMILES string of the molecule is CC1CC(C)(C)CC2(C1)NC(=O)N(CCC#N)C2=O. The Balaban J connectivity index is 2.23. The number of carbonyl (C=O) groups excluding carboxylic acids is 2. The number of carbonyl (C=O) groups is 2. The molecule has 1 spiro atoms. The average molecular weight is 263 g/mol. The van der Waals surface area contributed by atoms with Crippen LogP contribution in [0.1, 0.15) is 46.5 Å². The summed E-state index contributed by atoms with van der Waals surface area (Å²) < 4.78 is 0. The largest absolute Gasteiger partial charge is 0.325 e. The fourth-order valence-electron chi connectivity index (χ4n) is 3.87. The van der Waals surface area contributed by atoms with Crippen molar-refractivity contribution < 1.29 is 9.59 Å². The Morgan fingerprint density at radius 3 is 2.68 bits per heavy atom. The molecule has 3 amide bonds. The zero-order valence-electron chi connectivity index (χ0n) is 11.8. The minimum absolute atomic E-state index is 0.0475. The molecule has 0 aromatic heterocycles. The predicted octanol–water partition coefficient (Wildman–Crippen LogP) is 2.04. The molecule has 2 rings (SSSR count). The summed E-state index contributed by atoms with van der Waals surface area (Å²) in [5.74, 6) is 0.260. The first-order valence-electron chi connectivity index (χ1n) is 6.81. The van der Waals surface area contributed by atoms with Gasteiger partial charge in [0.15, 0.2) is 0 Å². The zero-order valence-corrected chi connectivity index (χ0v) is 11.8. The van der Waals surface area contributed by atoms with E-state index < -0.39 is 5.54 Å². The zero-order chi connectivity index (χ0) is 14.3. The summed E-state index contributed by atoms with van der Waals surface area (Å²) in [5, 5.41) is 11.5. The van der Waals surface area contributed by atoms with E-state index >= 15 is 0 Å². The van der Waals surface area contributed by atoms with Crippen LogP contribution in [0.15, 0.2) is 0 Å². The summed E-state index contributed by atoms with van der Waals surface area (Å²) >= 11 is 0. The third-order valence-corrected chi connectivity index (χ3v) is 4.07. The fraction of sp³-hybridized carbons (Fsp3) is 0.786. The molecule has 1 aliphatic heterocycles. The lowest BCUT2D eigenvalue weighted by molar-refractivity contribution is -0.134. The van der Waals surface area contributed by atoms with Crippen LogP contribution in [-0.2, 0) is 4.79 Å². The lowest BCUT2D eigenvalue weighted by atomic mass is 9.64. The van der Waals surface area contributed by atoms with Gasteiger partial charge in [-0.05, 0) is 30.6 Å². The Morgan fingerprint density at radius 1 is 1.42 bits per heavy atom. The van der Waals surface area contributed by atoms with Crippen molar-refractivity contribution in [3.63, 3.8) is 0 Å². The second-order valence-corrected chi connectivity index (χ2v) is 6.73. The van der Waals surface area contributed by atoms with Crippen molar-refractivity contribution in [2.24, 2.45) is 11.3 Å². The molecule has 5 heteroatoms. The highest BCUT2D eigenvalue weighted by atomic mass is 16.2. The Labute approximate surface area is 113 Å². The van der Waals surface area contributed by atoms with Gasteiger partial charge in [-0.2, -0.15) is 5.26 Å². The van der Waals surface area contributed by atoms with Crippen LogP contribution in [0.3, 0.4) is 0 Å². The number of urea groups is 1. The first kappa shape index (κ1) is 13.9. The number of amides is 3. The van der Waals surface area contributed by atoms with Gasteiger partial charge in [0.05, 0.1) is 12.5 Å². The quantitative estimate of drug-likeness (QED) is 0.775. The normalized spacial score (nSPS) is 33.4. The highest BCUT2D eigenvalue weighted by molar-refractivity contribution is 6.07. The molecule has 2 unspecified atom stereocenters. The van der Waals surface area contributed by atoms with Crippen LogP contribution < -0.4 is 5.32 Å². The van der Waals surface area contributed by atoms with Crippen molar-refractivity contribution in [3.05, 3.63) is 0 Å². The van der Waals surface area contributed by atoms with Crippen molar-refractivity contribution in [1.82, 2.24) is 10.2 Å². The highest BCUT2D eigenvalue weighted by Gasteiger charge is 2.55. The van der Waals surface area contributed by atoms with Crippen LogP contribution in [0.2, 0.25) is 0 Å². The lowest BCUT2D eigenvalue weighted by Gasteiger charge is -2.43. The monoisotopic (exact) mass is 263 g/mol. The topological polar surface area (TPSA) is 73.2 Å². The molecule has 2 atom stereocenters. The molecule has 1 aliphatic carbocycles. The van der Waals surface area contributed by atoms with Crippen LogP contribution in [0.5, 0.6) is 0 Å². The first-order chi connectivity index (χ1) is 8.80. The van der Waals surface area contributed by atoms with Crippen molar-refractivity contribution in [3.8, 4) is 6.07 Å². The summed E-state index contributed by atoms with van der Waals surface area (Å²) in [4.78, 5) is 25.7. The Morgan fingerprint density at radius 2 is 2.11 bits per heavy atom. The van der Waals surface area contributed by atoms with Gasteiger partial charge in [0.2, 0.25) is 0 Å². The van der Waals surface area contributed by atoms with E-state index in [0.717, 1.165) is 6.42 Å². The van der Waals surface area contributed by atoms with Crippen LogP contribution in [0, 0.1) is 22.7 Å². The van der Waals surface area contributed by atoms with Gasteiger partial charge in [-0.15, -0.1) is 0 Å². The number of nitrogens with one attached hydrogen (secondary N) is 1. The summed E-state index contributed by atoms with van der Waals surface area (Å²) in [7, 11) is 0. The van der Waals surface area contributed by atoms with E-state index in [1.807, 2.05) is 6.07 Å². The van der Waals surface area contributed by atoms with Crippen molar-refractivity contribution in [2.45, 2.75) is 52.0 Å². The lowest BCUT2D eigenvalue weighted by Crippen LogP contribution is -2.54. The molecule has 5 nitrogen and oxygen atoms in total. The van der Waals surface area contributed by atoms with E-state index in [1.165, 1.54) is 4.90 Å². The average Bonchev–Trinajstić information content (AvgIpc) is 2.45. The smallest absolute Gasteiger partial charge is 0.323 e. The van der Waals surface area contributed by atoms with E-state index in [0.29, 0.717) is 18.8 Å². The molecule has 1 heterocycles. The van der Waals surface area contributed by atoms with Crippen LogP contribution in [0.4, 0.5) is 4.79 Å². The number of imide groups is 1. The summed E-state index contributed by atoms with van der Waals surface area (Å²) in [6.45, 7) is 6.60. The second-order valence-electron chi connectivity index (χ2n) is 6.73. The molecule has 19 heavy (non-hydrogen) atoms. The molecular formula is C14H21N3O2. The standard InChI is InChI=1S/C14H21N3O2/c1-10-7-13(2,3)9-14(8-10)11(18)17(6-4-5-15)12(19)16-14/h10H,4,6-9H2,1-3H3,(H,16,19). The molecule has 0 bridgehead atoms. The maximum Gasteiger partial charge on any atom is 0.325 e. The second kappa shape index (κ2) is 4.52. The maximum atomic E-state index is 12.6. The van der Waals surface area contributed by atoms with Gasteiger partial charge >= 0.3 is 6.03 Å². The van der Waals surface area contributed by atoms with E-state index in [2.05, 4.69) is 26.1 Å². The molecule has 1 N–H and O–H groups in total. The van der Waals surface area contributed by atoms with Gasteiger partial charge in [0, 0.05) is 6.54 Å². The molecule has 0 aromatic carbocycles. The number of rotatable bonds is 2. The maximum absolute atomic E-state index is 12.6. The van der Waals surface area contributed by atoms with Gasteiger partial charge in [-0.25, -0.2) is 4.79 Å². The fourth-order valence-corrected chi connectivity index (χ4v) is 3.87. The van der Waals surface area contributed by atoms with Gasteiger partial charge in [0.1, 0.15) is 5.54 Å². The van der Waals surface area contributed by atoms with Gasteiger partial charge in [-0.3, -0.25) is 9.69 Å². The number of hydrogen-bond acceptors (Lipinski definition) is 3. The van der Waals surface area contributed by atoms with Crippen LogP contribution in [0.25, 0.3) is 0 Å². The van der Waals surface area contributed by atoms with Gasteiger partial charge in [0.25, 0.3) is 5.91 Å². The summed E-state index contributed by atoms with van der Waals surface area (Å²) in [5.41, 5.74) is -0.695. The van der Waals surface area contributed by atoms with Crippen molar-refractivity contribution >= 4 is 11.9 Å². The molecule has 2 fully saturated rings. The van der Waals surface area contributed by atoms with Crippen LogP contribution in [-0.4, -0.2) is 28.9 Å². The Hall–Kier alpha value is -1.57. The summed E-state index contributed by atoms with van der Waals surface area (Å²) in [6.07, 6.45) is 2.63. The van der Waals surface area contributed by atoms with Gasteiger partial charge < -0.3 is 5.32 Å². The summed E-state index contributed by atoms with van der Waals surface area (Å²) in [6, 6.07) is 1.64. The third-order valence-electron chi connectivity index (χ3n) is 4.07. The van der Waals surface area contributed by atoms with E-state index in [-0.39, 0.29) is 30.3 Å². The third kappa shape index (κ3) is 2.44. The van der Waals surface area contributed by atoms with Gasteiger partial charge in [-0.1, -0.05) is 20.8 Å². The molecule has 0 radical (unpaired) electrons. The molecule has 0 aromatic rings. The number of hydrogen-bond donors (Lipinski definition) is 1. The van der Waals surface area contributed by atoms with Crippen molar-refractivity contribution in [1.29, 1.82) is 5.26 Å². The molecule has 104 valence electrons. The van der Waals surface area contributed by atoms with Crippen molar-refractivity contribution in [2.75, 3.05) is 6.54 Å². The molecule has 1 saturated carbocycles. The number of nitrogens with zero attached hydrogens (tertiary/aromatic N) is 2. The first-order valence-corrected chi connectivity index (χ1v) is 6.81. The minimum Gasteiger partial charge on any atom is -0.323 e. The predicted molar refractivity (Wildman–Crippen MR) is 70.0 cm³/mol. The highest BCUT2D eigenvalue weighted by Crippen LogP contribution is 2.46. The number of nitriles is 1. The molecular weight excluding hydrogens is 242 g/mol. The minimum atomic E-state index is -0.742. The Kier molecular flexibility index (Phi) is 3.29. The van der Waals surface area contributed by atoms with Crippen LogP contribution >= 0.6 is 0 Å². The molecule has 2 aliphatic rings. The Bertz CT molecular complexity index is 452. The van der Waals surface area contributed by atoms with E-state index in [1.54, 1.807) is 0 Å². The molecule has 1 saturated heterocycles. The van der Waals surface area contributed by atoms with E-state index in [9.17, 15) is 9.59 Å².